The van der Waals surface area contributed by atoms with E-state index in [1.807, 2.05) is 12.1 Å². The fourth-order valence-corrected chi connectivity index (χ4v) is 5.30. The van der Waals surface area contributed by atoms with Crippen molar-refractivity contribution in [2.75, 3.05) is 44.2 Å². The number of anilines is 1. The van der Waals surface area contributed by atoms with Crippen LogP contribution in [0.3, 0.4) is 0 Å². The Balaban J connectivity index is 0.00000128. The summed E-state index contributed by atoms with van der Waals surface area (Å²) in [5.41, 5.74) is 1.86. The van der Waals surface area contributed by atoms with Crippen molar-refractivity contribution in [1.29, 1.82) is 0 Å². The van der Waals surface area contributed by atoms with Gasteiger partial charge in [-0.25, -0.2) is 0 Å². The molecule has 3 aliphatic rings. The Hall–Kier alpha value is -1.21. The summed E-state index contributed by atoms with van der Waals surface area (Å²) in [6.07, 6.45) is 5.32. The first-order valence-electron chi connectivity index (χ1n) is 10.4. The SMILES string of the molecule is Cl.Cl.O=C(C1CCN(c2nc3ccc(Cl)cc3o2)CC1)N1CCCC2(CCNC2)C1. The van der Waals surface area contributed by atoms with Gasteiger partial charge in [0.05, 0.1) is 0 Å². The standard InChI is InChI=1S/C21H27ClN4O2.2ClH/c22-16-2-3-17-18(12-16)28-20(24-17)25-10-4-15(5-11-25)19(27)26-9-1-6-21(14-26)7-8-23-13-21;;/h2-3,12,15,23H,1,4-11,13-14H2;2*1H. The number of carbonyl (C=O) groups excluding carboxylic acids is 1. The zero-order chi connectivity index (χ0) is 19.1. The Morgan fingerprint density at radius 1 is 1.20 bits per heavy atom. The molecule has 1 atom stereocenters. The van der Waals surface area contributed by atoms with Crippen LogP contribution in [0, 0.1) is 11.3 Å². The van der Waals surface area contributed by atoms with Crippen LogP contribution in [0.4, 0.5) is 6.01 Å². The van der Waals surface area contributed by atoms with Crippen molar-refractivity contribution in [3.63, 3.8) is 0 Å². The molecule has 2 aromatic rings. The van der Waals surface area contributed by atoms with Crippen molar-refractivity contribution in [3.8, 4) is 0 Å². The van der Waals surface area contributed by atoms with Gasteiger partial charge in [0.2, 0.25) is 5.91 Å². The number of oxazole rings is 1. The molecule has 1 spiro atoms. The monoisotopic (exact) mass is 474 g/mol. The molecule has 0 aliphatic carbocycles. The van der Waals surface area contributed by atoms with Crippen LogP contribution in [0.15, 0.2) is 22.6 Å². The highest BCUT2D eigenvalue weighted by Gasteiger charge is 2.41. The van der Waals surface area contributed by atoms with Crippen LogP contribution >= 0.6 is 36.4 Å². The fourth-order valence-electron chi connectivity index (χ4n) is 5.14. The van der Waals surface area contributed by atoms with E-state index >= 15 is 0 Å². The van der Waals surface area contributed by atoms with E-state index in [2.05, 4.69) is 20.1 Å². The lowest BCUT2D eigenvalue weighted by Gasteiger charge is -2.42. The Kier molecular flexibility index (Phi) is 7.44. The van der Waals surface area contributed by atoms with Crippen LogP contribution in [0.25, 0.3) is 11.1 Å². The van der Waals surface area contributed by atoms with Gasteiger partial charge < -0.3 is 19.5 Å². The number of nitrogens with one attached hydrogen (secondary N) is 1. The molecule has 1 N–H and O–H groups in total. The predicted molar refractivity (Wildman–Crippen MR) is 124 cm³/mol. The van der Waals surface area contributed by atoms with E-state index in [9.17, 15) is 4.79 Å². The number of hydrogen-bond donors (Lipinski definition) is 1. The van der Waals surface area contributed by atoms with E-state index in [-0.39, 0.29) is 30.7 Å². The molecule has 5 rings (SSSR count). The molecule has 3 fully saturated rings. The summed E-state index contributed by atoms with van der Waals surface area (Å²) in [6, 6.07) is 6.14. The number of fused-ring (bicyclic) bond motifs is 1. The van der Waals surface area contributed by atoms with Gasteiger partial charge in [0.1, 0.15) is 5.52 Å². The minimum Gasteiger partial charge on any atom is -0.423 e. The van der Waals surface area contributed by atoms with Crippen LogP contribution in [0.1, 0.15) is 32.1 Å². The van der Waals surface area contributed by atoms with Crippen molar-refractivity contribution < 1.29 is 9.21 Å². The molecule has 0 saturated carbocycles. The van der Waals surface area contributed by atoms with Crippen molar-refractivity contribution in [2.45, 2.75) is 32.1 Å². The molecule has 4 heterocycles. The van der Waals surface area contributed by atoms with Gasteiger partial charge in [0.25, 0.3) is 6.01 Å². The number of rotatable bonds is 2. The predicted octanol–water partition coefficient (Wildman–Crippen LogP) is 4.14. The largest absolute Gasteiger partial charge is 0.423 e. The van der Waals surface area contributed by atoms with Crippen molar-refractivity contribution in [3.05, 3.63) is 23.2 Å². The Bertz CT molecular complexity index is 876. The van der Waals surface area contributed by atoms with E-state index in [4.69, 9.17) is 16.0 Å². The maximum Gasteiger partial charge on any atom is 0.298 e. The van der Waals surface area contributed by atoms with Gasteiger partial charge in [-0.15, -0.1) is 24.8 Å². The molecule has 1 unspecified atom stereocenters. The number of aromatic nitrogens is 1. The molecule has 0 bridgehead atoms. The Morgan fingerprint density at radius 2 is 2.00 bits per heavy atom. The van der Waals surface area contributed by atoms with E-state index < -0.39 is 0 Å². The van der Waals surface area contributed by atoms with Crippen LogP contribution in [0.2, 0.25) is 5.02 Å². The molecule has 3 saturated heterocycles. The summed E-state index contributed by atoms with van der Waals surface area (Å²) in [4.78, 5) is 22.0. The van der Waals surface area contributed by atoms with Gasteiger partial charge in [-0.05, 0) is 50.8 Å². The molecular weight excluding hydrogens is 447 g/mol. The molecule has 1 amide bonds. The Labute approximate surface area is 194 Å². The Morgan fingerprint density at radius 3 is 2.73 bits per heavy atom. The molecule has 0 radical (unpaired) electrons. The van der Waals surface area contributed by atoms with Gasteiger partial charge >= 0.3 is 0 Å². The lowest BCUT2D eigenvalue weighted by Crippen LogP contribution is -2.50. The molecule has 6 nitrogen and oxygen atoms in total. The second-order valence-electron chi connectivity index (χ2n) is 8.66. The third-order valence-electron chi connectivity index (χ3n) is 6.76. The quantitative estimate of drug-likeness (QED) is 0.707. The number of nitrogens with zero attached hydrogens (tertiary/aromatic N) is 3. The average Bonchev–Trinajstić information content (AvgIpc) is 3.34. The number of benzene rings is 1. The first-order chi connectivity index (χ1) is 13.6. The molecular formula is C21H29Cl3N4O2. The molecule has 30 heavy (non-hydrogen) atoms. The van der Waals surface area contributed by atoms with Gasteiger partial charge in [0, 0.05) is 55.1 Å². The number of hydrogen-bond acceptors (Lipinski definition) is 5. The van der Waals surface area contributed by atoms with Crippen LogP contribution in [0.5, 0.6) is 0 Å². The maximum absolute atomic E-state index is 13.1. The number of halogens is 3. The molecule has 1 aromatic carbocycles. The molecule has 3 aliphatic heterocycles. The number of likely N-dealkylation sites (tertiary alicyclic amines) is 1. The summed E-state index contributed by atoms with van der Waals surface area (Å²) in [5, 5.41) is 4.14. The lowest BCUT2D eigenvalue weighted by molar-refractivity contribution is -0.139. The minimum absolute atomic E-state index is 0. The number of piperidine rings is 2. The normalized spacial score (nSPS) is 24.7. The zero-order valence-corrected chi connectivity index (χ0v) is 19.3. The van der Waals surface area contributed by atoms with Crippen molar-refractivity contribution in [1.82, 2.24) is 15.2 Å². The summed E-state index contributed by atoms with van der Waals surface area (Å²) < 4.78 is 5.89. The van der Waals surface area contributed by atoms with Gasteiger partial charge in [0.15, 0.2) is 5.58 Å². The van der Waals surface area contributed by atoms with Gasteiger partial charge in [-0.3, -0.25) is 4.79 Å². The highest BCUT2D eigenvalue weighted by atomic mass is 35.5. The highest BCUT2D eigenvalue weighted by molar-refractivity contribution is 6.31. The summed E-state index contributed by atoms with van der Waals surface area (Å²) >= 11 is 6.04. The van der Waals surface area contributed by atoms with E-state index in [0.29, 0.717) is 27.9 Å². The minimum atomic E-state index is 0. The summed E-state index contributed by atoms with van der Waals surface area (Å²) in [7, 11) is 0. The number of carbonyl (C=O) groups is 1. The highest BCUT2D eigenvalue weighted by Crippen LogP contribution is 2.37. The van der Waals surface area contributed by atoms with Gasteiger partial charge in [-0.1, -0.05) is 11.6 Å². The van der Waals surface area contributed by atoms with E-state index in [0.717, 1.165) is 64.0 Å². The average molecular weight is 476 g/mol. The smallest absolute Gasteiger partial charge is 0.298 e. The number of amides is 1. The van der Waals surface area contributed by atoms with Crippen LogP contribution in [-0.2, 0) is 4.79 Å². The topological polar surface area (TPSA) is 61.6 Å². The van der Waals surface area contributed by atoms with Crippen molar-refractivity contribution in [2.24, 2.45) is 11.3 Å². The van der Waals surface area contributed by atoms with E-state index in [1.165, 1.54) is 12.8 Å². The zero-order valence-electron chi connectivity index (χ0n) is 16.9. The lowest BCUT2D eigenvalue weighted by atomic mass is 9.78. The van der Waals surface area contributed by atoms with Crippen molar-refractivity contribution >= 4 is 59.4 Å². The van der Waals surface area contributed by atoms with E-state index in [1.54, 1.807) is 6.07 Å². The van der Waals surface area contributed by atoms with Gasteiger partial charge in [-0.2, -0.15) is 4.98 Å². The van der Waals surface area contributed by atoms with Crippen LogP contribution < -0.4 is 10.2 Å². The maximum atomic E-state index is 13.1. The van der Waals surface area contributed by atoms with Crippen LogP contribution in [-0.4, -0.2) is 55.1 Å². The molecule has 1 aromatic heterocycles. The first kappa shape index (κ1) is 23.5. The molecule has 9 heteroatoms. The first-order valence-corrected chi connectivity index (χ1v) is 10.8. The third-order valence-corrected chi connectivity index (χ3v) is 6.99. The third kappa shape index (κ3) is 4.52. The second kappa shape index (κ2) is 9.51. The second-order valence-corrected chi connectivity index (χ2v) is 9.10. The summed E-state index contributed by atoms with van der Waals surface area (Å²) in [5.74, 6) is 0.481. The summed E-state index contributed by atoms with van der Waals surface area (Å²) in [6.45, 7) is 5.62. The fraction of sp³-hybridized carbons (Fsp3) is 0.619. The molecule has 166 valence electrons.